The van der Waals surface area contributed by atoms with E-state index in [0.29, 0.717) is 23.4 Å². The molecule has 2 rings (SSSR count). The van der Waals surface area contributed by atoms with Gasteiger partial charge in [0.1, 0.15) is 4.90 Å². The second kappa shape index (κ2) is 5.58. The van der Waals surface area contributed by atoms with Crippen LogP contribution in [0, 0.1) is 0 Å². The Hall–Kier alpha value is -0.950. The molecule has 0 saturated heterocycles. The van der Waals surface area contributed by atoms with Gasteiger partial charge in [0.05, 0.1) is 11.5 Å². The molecule has 1 aromatic carbocycles. The number of fused-ring (bicyclic) bond motifs is 1. The summed E-state index contributed by atoms with van der Waals surface area (Å²) in [5.41, 5.74) is 0. The molecule has 0 amide bonds. The Morgan fingerprint density at radius 1 is 1.21 bits per heavy atom. The van der Waals surface area contributed by atoms with Gasteiger partial charge in [-0.1, -0.05) is 32.0 Å². The number of benzene rings is 1. The minimum atomic E-state index is -3.54. The number of sulfonamides is 1. The van der Waals surface area contributed by atoms with Gasteiger partial charge in [-0.2, -0.15) is 4.31 Å². The van der Waals surface area contributed by atoms with Crippen molar-refractivity contribution in [2.24, 2.45) is 0 Å². The highest BCUT2D eigenvalue weighted by Crippen LogP contribution is 2.36. The summed E-state index contributed by atoms with van der Waals surface area (Å²) in [4.78, 5) is 0.771. The van der Waals surface area contributed by atoms with E-state index < -0.39 is 10.0 Å². The zero-order valence-electron chi connectivity index (χ0n) is 11.0. The van der Waals surface area contributed by atoms with Crippen LogP contribution in [0.15, 0.2) is 29.2 Å². The summed E-state index contributed by atoms with van der Waals surface area (Å²) in [7, 11) is -3.54. The summed E-state index contributed by atoms with van der Waals surface area (Å²) >= 11 is 1.33. The lowest BCUT2D eigenvalue weighted by atomic mass is 10.2. The Bertz CT molecular complexity index is 672. The number of thiophene rings is 1. The molecule has 2 aromatic rings. The Balaban J connectivity index is 2.73. The molecule has 0 aliphatic rings. The van der Waals surface area contributed by atoms with Crippen molar-refractivity contribution in [1.82, 2.24) is 4.31 Å². The van der Waals surface area contributed by atoms with Crippen LogP contribution < -0.4 is 0 Å². The first-order chi connectivity index (χ1) is 9.06. The van der Waals surface area contributed by atoms with Gasteiger partial charge in [-0.3, -0.25) is 0 Å². The highest BCUT2D eigenvalue weighted by atomic mass is 32.2. The average Bonchev–Trinajstić information content (AvgIpc) is 2.78. The van der Waals surface area contributed by atoms with Gasteiger partial charge in [-0.25, -0.2) is 8.42 Å². The van der Waals surface area contributed by atoms with Gasteiger partial charge in [0, 0.05) is 23.2 Å². The third-order valence-electron chi connectivity index (χ3n) is 3.06. The van der Waals surface area contributed by atoms with Crippen LogP contribution in [0.4, 0.5) is 0 Å². The molecule has 0 bridgehead atoms. The van der Waals surface area contributed by atoms with Crippen LogP contribution in [0.3, 0.4) is 0 Å². The first-order valence-corrected chi connectivity index (χ1v) is 8.43. The molecule has 1 aromatic heterocycles. The summed E-state index contributed by atoms with van der Waals surface area (Å²) < 4.78 is 27.6. The molecule has 1 heterocycles. The van der Waals surface area contributed by atoms with Crippen LogP contribution in [0.5, 0.6) is 0 Å². The Kier molecular flexibility index (Phi) is 4.25. The molecule has 4 nitrogen and oxygen atoms in total. The van der Waals surface area contributed by atoms with Crippen LogP contribution in [0.1, 0.15) is 18.7 Å². The molecule has 0 atom stereocenters. The molecule has 104 valence electrons. The van der Waals surface area contributed by atoms with Crippen molar-refractivity contribution in [3.05, 3.63) is 29.1 Å². The quantitative estimate of drug-likeness (QED) is 0.922. The first-order valence-electron chi connectivity index (χ1n) is 6.17. The SMILES string of the molecule is CCN(CC)S(=O)(=O)c1c(CO)sc2ccccc12. The molecule has 0 aliphatic carbocycles. The topological polar surface area (TPSA) is 57.6 Å². The maximum Gasteiger partial charge on any atom is 0.244 e. The van der Waals surface area contributed by atoms with E-state index in [1.54, 1.807) is 6.07 Å². The van der Waals surface area contributed by atoms with Crippen LogP contribution in [-0.2, 0) is 16.6 Å². The molecule has 0 unspecified atom stereocenters. The second-order valence-electron chi connectivity index (χ2n) is 4.10. The lowest BCUT2D eigenvalue weighted by Gasteiger charge is -2.18. The minimum absolute atomic E-state index is 0.255. The van der Waals surface area contributed by atoms with E-state index in [9.17, 15) is 13.5 Å². The molecule has 0 saturated carbocycles. The van der Waals surface area contributed by atoms with Gasteiger partial charge >= 0.3 is 0 Å². The van der Waals surface area contributed by atoms with Gasteiger partial charge in [-0.15, -0.1) is 11.3 Å². The fourth-order valence-electron chi connectivity index (χ4n) is 2.15. The molecule has 0 spiro atoms. The fourth-order valence-corrected chi connectivity index (χ4v) is 5.36. The summed E-state index contributed by atoms with van der Waals surface area (Å²) in [6, 6.07) is 7.35. The highest BCUT2D eigenvalue weighted by Gasteiger charge is 2.28. The van der Waals surface area contributed by atoms with Crippen molar-refractivity contribution in [1.29, 1.82) is 0 Å². The largest absolute Gasteiger partial charge is 0.391 e. The maximum atomic E-state index is 12.7. The number of rotatable bonds is 5. The van der Waals surface area contributed by atoms with Gasteiger partial charge in [0.15, 0.2) is 0 Å². The number of hydrogen-bond acceptors (Lipinski definition) is 4. The Morgan fingerprint density at radius 2 is 1.84 bits per heavy atom. The van der Waals surface area contributed by atoms with E-state index >= 15 is 0 Å². The van der Waals surface area contributed by atoms with E-state index in [4.69, 9.17) is 0 Å². The van der Waals surface area contributed by atoms with E-state index in [-0.39, 0.29) is 11.5 Å². The third kappa shape index (κ3) is 2.41. The van der Waals surface area contributed by atoms with E-state index in [1.165, 1.54) is 15.6 Å². The van der Waals surface area contributed by atoms with Crippen molar-refractivity contribution in [3.8, 4) is 0 Å². The van der Waals surface area contributed by atoms with Crippen molar-refractivity contribution < 1.29 is 13.5 Å². The molecule has 19 heavy (non-hydrogen) atoms. The zero-order chi connectivity index (χ0) is 14.0. The van der Waals surface area contributed by atoms with Gasteiger partial charge in [0.2, 0.25) is 10.0 Å². The van der Waals surface area contributed by atoms with Crippen molar-refractivity contribution in [3.63, 3.8) is 0 Å². The summed E-state index contributed by atoms with van der Waals surface area (Å²) in [5.74, 6) is 0. The minimum Gasteiger partial charge on any atom is -0.391 e. The molecular weight excluding hydrogens is 282 g/mol. The predicted molar refractivity (Wildman–Crippen MR) is 77.9 cm³/mol. The number of aliphatic hydroxyl groups is 1. The van der Waals surface area contributed by atoms with E-state index in [1.807, 2.05) is 32.0 Å². The molecule has 1 N–H and O–H groups in total. The summed E-state index contributed by atoms with van der Waals surface area (Å²) in [6.07, 6.45) is 0. The van der Waals surface area contributed by atoms with Gasteiger partial charge < -0.3 is 5.11 Å². The van der Waals surface area contributed by atoms with Gasteiger partial charge in [0.25, 0.3) is 0 Å². The number of nitrogens with zero attached hydrogens (tertiary/aromatic N) is 1. The molecular formula is C13H17NO3S2. The number of aliphatic hydroxyl groups excluding tert-OH is 1. The first kappa shape index (κ1) is 14.5. The highest BCUT2D eigenvalue weighted by molar-refractivity contribution is 7.89. The fraction of sp³-hybridized carbons (Fsp3) is 0.385. The average molecular weight is 299 g/mol. The normalized spacial score (nSPS) is 12.4. The molecule has 0 fully saturated rings. The lowest BCUT2D eigenvalue weighted by Crippen LogP contribution is -2.31. The number of hydrogen-bond donors (Lipinski definition) is 1. The van der Waals surface area contributed by atoms with Gasteiger partial charge in [-0.05, 0) is 6.07 Å². The van der Waals surface area contributed by atoms with Crippen molar-refractivity contribution >= 4 is 31.4 Å². The predicted octanol–water partition coefficient (Wildman–Crippen LogP) is 2.42. The van der Waals surface area contributed by atoms with Crippen LogP contribution >= 0.6 is 11.3 Å². The molecule has 6 heteroatoms. The van der Waals surface area contributed by atoms with Crippen LogP contribution in [0.2, 0.25) is 0 Å². The van der Waals surface area contributed by atoms with Crippen molar-refractivity contribution in [2.45, 2.75) is 25.3 Å². The Morgan fingerprint density at radius 3 is 2.42 bits per heavy atom. The van der Waals surface area contributed by atoms with Crippen LogP contribution in [0.25, 0.3) is 10.1 Å². The van der Waals surface area contributed by atoms with Crippen molar-refractivity contribution in [2.75, 3.05) is 13.1 Å². The van der Waals surface area contributed by atoms with E-state index in [2.05, 4.69) is 0 Å². The summed E-state index contributed by atoms with van der Waals surface area (Å²) in [5, 5.41) is 10.1. The summed E-state index contributed by atoms with van der Waals surface area (Å²) in [6.45, 7) is 4.22. The Labute approximate surface area is 117 Å². The molecule has 0 aliphatic heterocycles. The zero-order valence-corrected chi connectivity index (χ0v) is 12.6. The lowest BCUT2D eigenvalue weighted by molar-refractivity contribution is 0.282. The van der Waals surface area contributed by atoms with E-state index in [0.717, 1.165) is 4.70 Å². The standard InChI is InChI=1S/C13H17NO3S2/c1-3-14(4-2)19(16,17)13-10-7-5-6-8-11(10)18-12(13)9-15/h5-8,15H,3-4,9H2,1-2H3. The second-order valence-corrected chi connectivity index (χ2v) is 7.11. The maximum absolute atomic E-state index is 12.7. The molecule has 0 radical (unpaired) electrons. The van der Waals surface area contributed by atoms with Crippen LogP contribution in [-0.4, -0.2) is 30.9 Å². The third-order valence-corrected chi connectivity index (χ3v) is 6.53. The smallest absolute Gasteiger partial charge is 0.244 e. The monoisotopic (exact) mass is 299 g/mol.